The van der Waals surface area contributed by atoms with Crippen molar-refractivity contribution >= 4 is 80.4 Å². The molecule has 0 atom stereocenters. The Hall–Kier alpha value is 1.56. The van der Waals surface area contributed by atoms with Gasteiger partial charge in [-0.2, -0.15) is 12.6 Å². The minimum absolute atomic E-state index is 0.288. The number of thiol groups is 1. The van der Waals surface area contributed by atoms with Gasteiger partial charge in [0.1, 0.15) is 5.75 Å². The SMILES string of the molecule is SCC1(COc2c(I)cc(I)cc2I)CCCCC1. The average molecular weight is 614 g/mol. The van der Waals surface area contributed by atoms with Gasteiger partial charge >= 0.3 is 0 Å². The third-order valence-corrected chi connectivity index (χ3v) is 6.63. The first-order valence-corrected chi connectivity index (χ1v) is 10.3. The van der Waals surface area contributed by atoms with Crippen molar-refractivity contribution in [2.45, 2.75) is 32.1 Å². The number of halogens is 3. The van der Waals surface area contributed by atoms with Gasteiger partial charge in [0.2, 0.25) is 0 Å². The highest BCUT2D eigenvalue weighted by atomic mass is 127. The van der Waals surface area contributed by atoms with Crippen molar-refractivity contribution in [1.82, 2.24) is 0 Å². The van der Waals surface area contributed by atoms with Crippen LogP contribution in [-0.2, 0) is 0 Å². The Morgan fingerprint density at radius 3 is 2.16 bits per heavy atom. The van der Waals surface area contributed by atoms with Gasteiger partial charge < -0.3 is 4.74 Å². The van der Waals surface area contributed by atoms with Crippen molar-refractivity contribution in [2.24, 2.45) is 5.41 Å². The molecule has 19 heavy (non-hydrogen) atoms. The molecule has 0 amide bonds. The summed E-state index contributed by atoms with van der Waals surface area (Å²) < 4.78 is 9.87. The molecule has 1 saturated carbocycles. The lowest BCUT2D eigenvalue weighted by atomic mass is 9.76. The molecule has 1 fully saturated rings. The van der Waals surface area contributed by atoms with Crippen molar-refractivity contribution in [3.8, 4) is 5.75 Å². The van der Waals surface area contributed by atoms with Gasteiger partial charge in [-0.25, -0.2) is 0 Å². The molecule has 0 bridgehead atoms. The zero-order chi connectivity index (χ0) is 13.9. The molecule has 0 spiro atoms. The molecule has 1 aromatic carbocycles. The van der Waals surface area contributed by atoms with Crippen LogP contribution in [0.3, 0.4) is 0 Å². The van der Waals surface area contributed by atoms with E-state index in [2.05, 4.69) is 92.5 Å². The lowest BCUT2D eigenvalue weighted by Crippen LogP contribution is -2.33. The van der Waals surface area contributed by atoms with Gasteiger partial charge in [0.15, 0.2) is 0 Å². The second-order valence-electron chi connectivity index (χ2n) is 5.21. The van der Waals surface area contributed by atoms with Crippen LogP contribution in [0.4, 0.5) is 0 Å². The van der Waals surface area contributed by atoms with Gasteiger partial charge in [-0.1, -0.05) is 19.3 Å². The van der Waals surface area contributed by atoms with Crippen LogP contribution in [0.1, 0.15) is 32.1 Å². The lowest BCUT2D eigenvalue weighted by molar-refractivity contribution is 0.120. The minimum Gasteiger partial charge on any atom is -0.491 e. The quantitative estimate of drug-likeness (QED) is 0.336. The number of hydrogen-bond acceptors (Lipinski definition) is 2. The van der Waals surface area contributed by atoms with E-state index in [0.717, 1.165) is 18.1 Å². The Morgan fingerprint density at radius 2 is 1.63 bits per heavy atom. The second kappa shape index (κ2) is 7.71. The fraction of sp³-hybridized carbons (Fsp3) is 0.571. The third kappa shape index (κ3) is 4.51. The molecule has 2 rings (SSSR count). The van der Waals surface area contributed by atoms with Gasteiger partial charge in [-0.05, 0) is 98.5 Å². The van der Waals surface area contributed by atoms with Gasteiger partial charge in [0.05, 0.1) is 13.7 Å². The van der Waals surface area contributed by atoms with E-state index in [0.29, 0.717) is 0 Å². The normalized spacial score (nSPS) is 18.3. The van der Waals surface area contributed by atoms with E-state index in [1.54, 1.807) is 0 Å². The highest BCUT2D eigenvalue weighted by molar-refractivity contribution is 14.1. The van der Waals surface area contributed by atoms with Gasteiger partial charge in [-0.15, -0.1) is 0 Å². The molecule has 0 aliphatic heterocycles. The Labute approximate surface area is 161 Å². The van der Waals surface area contributed by atoms with Crippen LogP contribution in [0, 0.1) is 16.1 Å². The van der Waals surface area contributed by atoms with E-state index in [1.165, 1.54) is 42.8 Å². The van der Waals surface area contributed by atoms with E-state index in [1.807, 2.05) is 0 Å². The van der Waals surface area contributed by atoms with Crippen molar-refractivity contribution in [1.29, 1.82) is 0 Å². The van der Waals surface area contributed by atoms with E-state index < -0.39 is 0 Å². The van der Waals surface area contributed by atoms with Gasteiger partial charge in [-0.3, -0.25) is 0 Å². The van der Waals surface area contributed by atoms with Crippen LogP contribution in [0.25, 0.3) is 0 Å². The fourth-order valence-electron chi connectivity index (χ4n) is 2.54. The Balaban J connectivity index is 2.09. The summed E-state index contributed by atoms with van der Waals surface area (Å²) in [5.74, 6) is 1.98. The van der Waals surface area contributed by atoms with Crippen LogP contribution in [-0.4, -0.2) is 12.4 Å². The Kier molecular flexibility index (Phi) is 6.87. The molecule has 5 heteroatoms. The monoisotopic (exact) mass is 614 g/mol. The molecular formula is C14H17I3OS. The summed E-state index contributed by atoms with van der Waals surface area (Å²) in [6.07, 6.45) is 6.53. The van der Waals surface area contributed by atoms with Crippen molar-refractivity contribution < 1.29 is 4.74 Å². The summed E-state index contributed by atoms with van der Waals surface area (Å²) in [6.45, 7) is 0.809. The fourth-order valence-corrected chi connectivity index (χ4v) is 6.84. The number of rotatable bonds is 4. The van der Waals surface area contributed by atoms with Crippen molar-refractivity contribution in [3.63, 3.8) is 0 Å². The third-order valence-electron chi connectivity index (χ3n) is 3.74. The number of ether oxygens (including phenoxy) is 1. The van der Waals surface area contributed by atoms with Crippen molar-refractivity contribution in [3.05, 3.63) is 22.8 Å². The summed E-state index contributed by atoms with van der Waals surface area (Å²) in [5, 5.41) is 0. The van der Waals surface area contributed by atoms with E-state index in [-0.39, 0.29) is 5.41 Å². The Bertz CT molecular complexity index is 421. The number of hydrogen-bond donors (Lipinski definition) is 1. The molecule has 0 heterocycles. The first-order valence-electron chi connectivity index (χ1n) is 6.44. The summed E-state index contributed by atoms with van der Waals surface area (Å²) >= 11 is 11.7. The van der Waals surface area contributed by atoms with Gasteiger partial charge in [0, 0.05) is 8.99 Å². The average Bonchev–Trinajstić information content (AvgIpc) is 2.38. The van der Waals surface area contributed by atoms with Gasteiger partial charge in [0.25, 0.3) is 0 Å². The predicted molar refractivity (Wildman–Crippen MR) is 109 cm³/mol. The largest absolute Gasteiger partial charge is 0.491 e. The molecule has 1 aliphatic rings. The minimum atomic E-state index is 0.288. The first kappa shape index (κ1) is 16.9. The summed E-state index contributed by atoms with van der Waals surface area (Å²) in [6, 6.07) is 4.35. The van der Waals surface area contributed by atoms with Crippen molar-refractivity contribution in [2.75, 3.05) is 12.4 Å². The molecule has 1 aromatic rings. The predicted octanol–water partition coefficient (Wildman–Crippen LogP) is 5.76. The molecule has 0 unspecified atom stereocenters. The summed E-state index contributed by atoms with van der Waals surface area (Å²) in [5.41, 5.74) is 0.288. The molecule has 1 nitrogen and oxygen atoms in total. The maximum Gasteiger partial charge on any atom is 0.146 e. The van der Waals surface area contributed by atoms with E-state index in [4.69, 9.17) is 4.74 Å². The molecule has 0 N–H and O–H groups in total. The zero-order valence-electron chi connectivity index (χ0n) is 10.6. The highest BCUT2D eigenvalue weighted by Crippen LogP contribution is 2.39. The van der Waals surface area contributed by atoms with Crippen LogP contribution in [0.5, 0.6) is 5.75 Å². The van der Waals surface area contributed by atoms with Crippen LogP contribution < -0.4 is 4.74 Å². The topological polar surface area (TPSA) is 9.23 Å². The smallest absolute Gasteiger partial charge is 0.146 e. The lowest BCUT2D eigenvalue weighted by Gasteiger charge is -2.35. The maximum absolute atomic E-state index is 6.19. The molecule has 0 saturated heterocycles. The second-order valence-corrected chi connectivity index (χ2v) is 9.09. The molecule has 106 valence electrons. The van der Waals surface area contributed by atoms with Crippen LogP contribution >= 0.6 is 80.4 Å². The standard InChI is InChI=1S/C14H17I3OS/c15-10-6-11(16)13(12(17)7-10)18-8-14(9-19)4-2-1-3-5-14/h6-7,19H,1-5,8-9H2. The van der Waals surface area contributed by atoms with Crippen LogP contribution in [0.2, 0.25) is 0 Å². The van der Waals surface area contributed by atoms with E-state index in [9.17, 15) is 0 Å². The molecular weight excluding hydrogens is 597 g/mol. The maximum atomic E-state index is 6.19. The molecule has 0 aromatic heterocycles. The zero-order valence-corrected chi connectivity index (χ0v) is 18.0. The highest BCUT2D eigenvalue weighted by Gasteiger charge is 2.32. The first-order chi connectivity index (χ1) is 9.06. The summed E-state index contributed by atoms with van der Waals surface area (Å²) in [4.78, 5) is 0. The molecule has 1 aliphatic carbocycles. The summed E-state index contributed by atoms with van der Waals surface area (Å²) in [7, 11) is 0. The Morgan fingerprint density at radius 1 is 1.05 bits per heavy atom. The van der Waals surface area contributed by atoms with E-state index >= 15 is 0 Å². The molecule has 0 radical (unpaired) electrons. The number of benzene rings is 1. The van der Waals surface area contributed by atoms with Crippen LogP contribution in [0.15, 0.2) is 12.1 Å².